The average molecular weight is 338 g/mol. The van der Waals surface area contributed by atoms with Crippen LogP contribution < -0.4 is 5.32 Å². The summed E-state index contributed by atoms with van der Waals surface area (Å²) in [4.78, 5) is 1.37. The highest BCUT2D eigenvalue weighted by molar-refractivity contribution is 9.10. The van der Waals surface area contributed by atoms with E-state index in [4.69, 9.17) is 0 Å². The number of hydrogen-bond donors (Lipinski definition) is 1. The van der Waals surface area contributed by atoms with Gasteiger partial charge in [-0.2, -0.15) is 0 Å². The first-order chi connectivity index (χ1) is 9.10. The Morgan fingerprint density at radius 3 is 2.47 bits per heavy atom. The summed E-state index contributed by atoms with van der Waals surface area (Å²) >= 11 is 5.32. The van der Waals surface area contributed by atoms with Gasteiger partial charge in [0.25, 0.3) is 0 Å². The van der Waals surface area contributed by atoms with Gasteiger partial charge in [-0.15, -0.1) is 11.3 Å². The van der Waals surface area contributed by atoms with E-state index in [9.17, 15) is 0 Å². The number of nitrogens with one attached hydrogen (secondary N) is 1. The molecule has 2 aromatic rings. The molecule has 3 heteroatoms. The molecule has 1 nitrogen and oxygen atoms in total. The smallest absolute Gasteiger partial charge is 0.0391 e. The third-order valence-electron chi connectivity index (χ3n) is 3.35. The van der Waals surface area contributed by atoms with Gasteiger partial charge < -0.3 is 5.32 Å². The van der Waals surface area contributed by atoms with Gasteiger partial charge in [-0.1, -0.05) is 36.8 Å². The minimum atomic E-state index is 0.377. The van der Waals surface area contributed by atoms with Crippen molar-refractivity contribution in [2.24, 2.45) is 0 Å². The molecule has 0 aliphatic heterocycles. The maximum atomic E-state index is 3.72. The van der Waals surface area contributed by atoms with Crippen molar-refractivity contribution in [1.29, 1.82) is 0 Å². The summed E-state index contributed by atoms with van der Waals surface area (Å²) in [6, 6.07) is 11.8. The maximum absolute atomic E-state index is 3.72. The minimum Gasteiger partial charge on any atom is -0.303 e. The SMILES string of the molecule is CCC(NC(C)c1cc(Br)cs1)c1ccc(C)cc1. The molecule has 102 valence electrons. The van der Waals surface area contributed by atoms with Crippen LogP contribution in [0.15, 0.2) is 40.2 Å². The van der Waals surface area contributed by atoms with Crippen molar-refractivity contribution in [2.45, 2.75) is 39.3 Å². The van der Waals surface area contributed by atoms with Crippen LogP contribution in [0.25, 0.3) is 0 Å². The molecule has 2 unspecified atom stereocenters. The lowest BCUT2D eigenvalue weighted by molar-refractivity contribution is 0.460. The number of rotatable bonds is 5. The predicted molar refractivity (Wildman–Crippen MR) is 87.8 cm³/mol. The van der Waals surface area contributed by atoms with Gasteiger partial charge in [0.15, 0.2) is 0 Å². The molecule has 0 saturated carbocycles. The van der Waals surface area contributed by atoms with E-state index in [0.29, 0.717) is 12.1 Å². The van der Waals surface area contributed by atoms with Crippen LogP contribution in [0.4, 0.5) is 0 Å². The molecule has 2 rings (SSSR count). The monoisotopic (exact) mass is 337 g/mol. The normalized spacial score (nSPS) is 14.3. The van der Waals surface area contributed by atoms with Gasteiger partial charge in [-0.25, -0.2) is 0 Å². The molecule has 1 heterocycles. The fourth-order valence-electron chi connectivity index (χ4n) is 2.19. The zero-order valence-corrected chi connectivity index (χ0v) is 14.0. The van der Waals surface area contributed by atoms with E-state index in [-0.39, 0.29) is 0 Å². The van der Waals surface area contributed by atoms with E-state index in [1.165, 1.54) is 20.5 Å². The highest BCUT2D eigenvalue weighted by Gasteiger charge is 2.14. The van der Waals surface area contributed by atoms with Crippen LogP contribution in [0.2, 0.25) is 0 Å². The topological polar surface area (TPSA) is 12.0 Å². The highest BCUT2D eigenvalue weighted by atomic mass is 79.9. The molecule has 0 bridgehead atoms. The van der Waals surface area contributed by atoms with Gasteiger partial charge >= 0.3 is 0 Å². The minimum absolute atomic E-state index is 0.377. The lowest BCUT2D eigenvalue weighted by Crippen LogP contribution is -2.23. The lowest BCUT2D eigenvalue weighted by Gasteiger charge is -2.22. The summed E-state index contributed by atoms with van der Waals surface area (Å²) in [5.74, 6) is 0. The third kappa shape index (κ3) is 3.91. The van der Waals surface area contributed by atoms with Gasteiger partial charge in [0.2, 0.25) is 0 Å². The quantitative estimate of drug-likeness (QED) is 0.746. The first-order valence-electron chi connectivity index (χ1n) is 6.66. The van der Waals surface area contributed by atoms with Crippen LogP contribution in [0.1, 0.15) is 48.4 Å². The number of thiophene rings is 1. The molecule has 1 aromatic carbocycles. The molecular formula is C16H20BrNS. The van der Waals surface area contributed by atoms with Crippen LogP contribution in [0.3, 0.4) is 0 Å². The van der Waals surface area contributed by atoms with E-state index < -0.39 is 0 Å². The zero-order chi connectivity index (χ0) is 13.8. The molecule has 0 spiro atoms. The van der Waals surface area contributed by atoms with Gasteiger partial charge in [0, 0.05) is 26.8 Å². The molecule has 0 aliphatic rings. The molecule has 0 amide bonds. The fourth-order valence-corrected chi connectivity index (χ4v) is 3.65. The highest BCUT2D eigenvalue weighted by Crippen LogP contribution is 2.28. The molecule has 1 aromatic heterocycles. The molecule has 1 N–H and O–H groups in total. The van der Waals surface area contributed by atoms with Crippen molar-refractivity contribution in [3.63, 3.8) is 0 Å². The largest absolute Gasteiger partial charge is 0.303 e. The Hall–Kier alpha value is -0.640. The van der Waals surface area contributed by atoms with E-state index >= 15 is 0 Å². The molecule has 19 heavy (non-hydrogen) atoms. The number of halogens is 1. The summed E-state index contributed by atoms with van der Waals surface area (Å²) in [6.45, 7) is 6.59. The Morgan fingerprint density at radius 2 is 1.95 bits per heavy atom. The van der Waals surface area contributed by atoms with Crippen molar-refractivity contribution in [3.8, 4) is 0 Å². The molecular weight excluding hydrogens is 318 g/mol. The summed E-state index contributed by atoms with van der Waals surface area (Å²) < 4.78 is 1.17. The Kier molecular flexibility index (Phi) is 5.20. The maximum Gasteiger partial charge on any atom is 0.0391 e. The van der Waals surface area contributed by atoms with Gasteiger partial charge in [-0.05, 0) is 47.8 Å². The van der Waals surface area contributed by atoms with Crippen molar-refractivity contribution >= 4 is 27.3 Å². The van der Waals surface area contributed by atoms with Gasteiger partial charge in [-0.3, -0.25) is 0 Å². The van der Waals surface area contributed by atoms with Crippen molar-refractivity contribution < 1.29 is 0 Å². The average Bonchev–Trinajstić information content (AvgIpc) is 2.84. The summed E-state index contributed by atoms with van der Waals surface area (Å²) in [6.07, 6.45) is 1.10. The summed E-state index contributed by atoms with van der Waals surface area (Å²) in [5.41, 5.74) is 2.68. The summed E-state index contributed by atoms with van der Waals surface area (Å²) in [5, 5.41) is 5.86. The second-order valence-corrected chi connectivity index (χ2v) is 6.79. The first kappa shape index (κ1) is 14.8. The van der Waals surface area contributed by atoms with Crippen molar-refractivity contribution in [2.75, 3.05) is 0 Å². The number of benzene rings is 1. The van der Waals surface area contributed by atoms with Gasteiger partial charge in [0.05, 0.1) is 0 Å². The van der Waals surface area contributed by atoms with E-state index in [2.05, 4.69) is 77.7 Å². The second-order valence-electron chi connectivity index (χ2n) is 4.93. The van der Waals surface area contributed by atoms with E-state index in [0.717, 1.165) is 6.42 Å². The van der Waals surface area contributed by atoms with Crippen molar-refractivity contribution in [1.82, 2.24) is 5.32 Å². The Morgan fingerprint density at radius 1 is 1.26 bits per heavy atom. The molecule has 0 saturated heterocycles. The van der Waals surface area contributed by atoms with Crippen LogP contribution in [0.5, 0.6) is 0 Å². The van der Waals surface area contributed by atoms with Crippen molar-refractivity contribution in [3.05, 3.63) is 56.2 Å². The van der Waals surface area contributed by atoms with Gasteiger partial charge in [0.1, 0.15) is 0 Å². The molecule has 0 aliphatic carbocycles. The molecule has 0 radical (unpaired) electrons. The van der Waals surface area contributed by atoms with Crippen LogP contribution in [0, 0.1) is 6.92 Å². The zero-order valence-electron chi connectivity index (χ0n) is 11.6. The second kappa shape index (κ2) is 6.69. The number of hydrogen-bond acceptors (Lipinski definition) is 2. The molecule has 0 fully saturated rings. The van der Waals surface area contributed by atoms with Crippen LogP contribution in [-0.4, -0.2) is 0 Å². The standard InChI is InChI=1S/C16H20BrNS/c1-4-15(13-7-5-11(2)6-8-13)18-12(3)16-9-14(17)10-19-16/h5-10,12,15,18H,4H2,1-3H3. The molecule has 2 atom stereocenters. The Balaban J connectivity index is 2.08. The lowest BCUT2D eigenvalue weighted by atomic mass is 10.0. The summed E-state index contributed by atoms with van der Waals surface area (Å²) in [7, 11) is 0. The number of aryl methyl sites for hydroxylation is 1. The first-order valence-corrected chi connectivity index (χ1v) is 8.34. The van der Waals surface area contributed by atoms with E-state index in [1.54, 1.807) is 11.3 Å². The Bertz CT molecular complexity index is 518. The predicted octanol–water partition coefficient (Wildman–Crippen LogP) is 5.62. The van der Waals surface area contributed by atoms with E-state index in [1.807, 2.05) is 0 Å². The van der Waals surface area contributed by atoms with Crippen LogP contribution in [-0.2, 0) is 0 Å². The Labute approximate surface area is 128 Å². The van der Waals surface area contributed by atoms with Crippen LogP contribution >= 0.6 is 27.3 Å². The third-order valence-corrected chi connectivity index (χ3v) is 5.23. The fraction of sp³-hybridized carbons (Fsp3) is 0.375.